The Bertz CT molecular complexity index is 498. The van der Waals surface area contributed by atoms with E-state index in [-0.39, 0.29) is 11.3 Å². The van der Waals surface area contributed by atoms with Gasteiger partial charge < -0.3 is 4.74 Å². The zero-order valence-corrected chi connectivity index (χ0v) is 10.4. The van der Waals surface area contributed by atoms with Crippen molar-refractivity contribution >= 4 is 23.4 Å². The highest BCUT2D eigenvalue weighted by Gasteiger charge is 2.07. The highest BCUT2D eigenvalue weighted by atomic mass is 35.5. The van der Waals surface area contributed by atoms with Gasteiger partial charge in [-0.25, -0.2) is 9.97 Å². The van der Waals surface area contributed by atoms with Crippen molar-refractivity contribution in [3.8, 4) is 6.01 Å². The Balaban J connectivity index is 2.21. The number of ether oxygens (including phenoxy) is 1. The maximum Gasteiger partial charge on any atom is 0.321 e. The van der Waals surface area contributed by atoms with Crippen LogP contribution in [0.5, 0.6) is 6.01 Å². The molecule has 8 heteroatoms. The summed E-state index contributed by atoms with van der Waals surface area (Å²) >= 11 is 7.03. The minimum absolute atomic E-state index is 0.0972. The molecule has 0 radical (unpaired) electrons. The van der Waals surface area contributed by atoms with E-state index in [9.17, 15) is 0 Å². The first-order valence-electron chi connectivity index (χ1n) is 4.76. The third-order valence-corrected chi connectivity index (χ3v) is 2.58. The molecule has 0 aliphatic rings. The molecule has 6 nitrogen and oxygen atoms in total. The van der Waals surface area contributed by atoms with Crippen molar-refractivity contribution < 1.29 is 4.74 Å². The molecule has 0 bridgehead atoms. The van der Waals surface area contributed by atoms with Gasteiger partial charge in [0.05, 0.1) is 6.61 Å². The highest BCUT2D eigenvalue weighted by molar-refractivity contribution is 7.99. The van der Waals surface area contributed by atoms with E-state index < -0.39 is 0 Å². The van der Waals surface area contributed by atoms with Crippen LogP contribution in [0.2, 0.25) is 5.28 Å². The Morgan fingerprint density at radius 3 is 2.94 bits per heavy atom. The summed E-state index contributed by atoms with van der Waals surface area (Å²) in [5.74, 6) is 0. The van der Waals surface area contributed by atoms with Gasteiger partial charge in [0.1, 0.15) is 11.4 Å². The molecule has 0 aliphatic heterocycles. The van der Waals surface area contributed by atoms with Gasteiger partial charge in [-0.1, -0.05) is 0 Å². The summed E-state index contributed by atoms with van der Waals surface area (Å²) in [4.78, 5) is 19.8. The summed E-state index contributed by atoms with van der Waals surface area (Å²) in [7, 11) is 0. The molecule has 2 aromatic heterocycles. The van der Waals surface area contributed by atoms with Crippen LogP contribution < -0.4 is 4.74 Å². The van der Waals surface area contributed by atoms with Gasteiger partial charge in [0.15, 0.2) is 0 Å². The maximum atomic E-state index is 5.76. The quantitative estimate of drug-likeness (QED) is 0.784. The molecule has 88 valence electrons. The van der Waals surface area contributed by atoms with Crippen molar-refractivity contribution in [2.45, 2.75) is 17.1 Å². The number of halogens is 1. The Labute approximate surface area is 107 Å². The fraction of sp³-hybridized carbons (Fsp3) is 0.222. The van der Waals surface area contributed by atoms with Crippen molar-refractivity contribution in [1.29, 1.82) is 0 Å². The highest BCUT2D eigenvalue weighted by Crippen LogP contribution is 2.23. The van der Waals surface area contributed by atoms with Crippen molar-refractivity contribution in [2.75, 3.05) is 6.61 Å². The largest absolute Gasteiger partial charge is 0.464 e. The van der Waals surface area contributed by atoms with Crippen LogP contribution in [-0.2, 0) is 0 Å². The van der Waals surface area contributed by atoms with Gasteiger partial charge in [0.25, 0.3) is 0 Å². The molecule has 2 rings (SSSR count). The summed E-state index contributed by atoms with van der Waals surface area (Å²) in [6, 6.07) is 1.96. The lowest BCUT2D eigenvalue weighted by Crippen LogP contribution is -2.00. The van der Waals surface area contributed by atoms with Gasteiger partial charge in [0, 0.05) is 6.20 Å². The summed E-state index contributed by atoms with van der Waals surface area (Å²) < 4.78 is 5.17. The number of aromatic nitrogens is 5. The first kappa shape index (κ1) is 12.0. The van der Waals surface area contributed by atoms with E-state index >= 15 is 0 Å². The topological polar surface area (TPSA) is 73.7 Å². The monoisotopic (exact) mass is 269 g/mol. The average Bonchev–Trinajstić information content (AvgIpc) is 2.30. The van der Waals surface area contributed by atoms with E-state index in [0.717, 1.165) is 5.03 Å². The van der Waals surface area contributed by atoms with Gasteiger partial charge in [-0.3, -0.25) is 0 Å². The first-order chi connectivity index (χ1) is 8.28. The third kappa shape index (κ3) is 3.50. The first-order valence-corrected chi connectivity index (χ1v) is 5.95. The number of hydrogen-bond donors (Lipinski definition) is 0. The summed E-state index contributed by atoms with van der Waals surface area (Å²) in [5.41, 5.74) is 0. The van der Waals surface area contributed by atoms with Crippen LogP contribution in [0, 0.1) is 0 Å². The Morgan fingerprint density at radius 2 is 2.24 bits per heavy atom. The van der Waals surface area contributed by atoms with E-state index in [0.29, 0.717) is 11.8 Å². The minimum atomic E-state index is 0.0972. The molecule has 0 N–H and O–H groups in total. The van der Waals surface area contributed by atoms with Crippen molar-refractivity contribution in [2.24, 2.45) is 0 Å². The molecule has 17 heavy (non-hydrogen) atoms. The molecular weight excluding hydrogens is 262 g/mol. The number of nitrogens with zero attached hydrogens (tertiary/aromatic N) is 5. The van der Waals surface area contributed by atoms with E-state index in [4.69, 9.17) is 16.3 Å². The van der Waals surface area contributed by atoms with E-state index in [1.165, 1.54) is 18.1 Å². The lowest BCUT2D eigenvalue weighted by molar-refractivity contribution is 0.307. The second-order valence-corrected chi connectivity index (χ2v) is 4.08. The second-order valence-electron chi connectivity index (χ2n) is 2.75. The lowest BCUT2D eigenvalue weighted by atomic mass is 10.7. The van der Waals surface area contributed by atoms with Crippen LogP contribution in [0.4, 0.5) is 0 Å². The number of hydrogen-bond acceptors (Lipinski definition) is 7. The van der Waals surface area contributed by atoms with Gasteiger partial charge >= 0.3 is 6.01 Å². The molecule has 2 aromatic rings. The molecule has 2 heterocycles. The molecule has 0 fully saturated rings. The summed E-state index contributed by atoms with van der Waals surface area (Å²) in [6.07, 6.45) is 3.09. The molecule has 0 spiro atoms. The normalized spacial score (nSPS) is 10.2. The van der Waals surface area contributed by atoms with Crippen molar-refractivity contribution in [3.05, 3.63) is 23.9 Å². The van der Waals surface area contributed by atoms with Gasteiger partial charge in [-0.05, 0) is 36.4 Å². The molecule has 0 aliphatic carbocycles. The zero-order valence-electron chi connectivity index (χ0n) is 8.87. The van der Waals surface area contributed by atoms with Crippen molar-refractivity contribution in [1.82, 2.24) is 24.9 Å². The SMILES string of the molecule is CCOc1nc(Cl)nc(Sc2ccncn2)n1. The molecule has 0 saturated carbocycles. The van der Waals surface area contributed by atoms with Crippen LogP contribution in [0.3, 0.4) is 0 Å². The van der Waals surface area contributed by atoms with Crippen LogP contribution >= 0.6 is 23.4 Å². The standard InChI is InChI=1S/C9H8ClN5OS/c1-2-16-8-13-7(10)14-9(15-8)17-6-3-4-11-5-12-6/h3-5H,2H2,1H3. The fourth-order valence-corrected chi connectivity index (χ4v) is 1.86. The Hall–Kier alpha value is -1.47. The molecule has 0 unspecified atom stereocenters. The van der Waals surface area contributed by atoms with Crippen LogP contribution in [-0.4, -0.2) is 31.5 Å². The predicted molar refractivity (Wildman–Crippen MR) is 62.2 cm³/mol. The van der Waals surface area contributed by atoms with Crippen LogP contribution in [0.15, 0.2) is 28.8 Å². The summed E-state index contributed by atoms with van der Waals surface area (Å²) in [6.45, 7) is 2.31. The van der Waals surface area contributed by atoms with E-state index in [2.05, 4.69) is 24.9 Å². The summed E-state index contributed by atoms with van der Waals surface area (Å²) in [5, 5.41) is 1.26. The Kier molecular flexibility index (Phi) is 4.05. The van der Waals surface area contributed by atoms with Gasteiger partial charge in [-0.2, -0.15) is 15.0 Å². The molecule has 0 amide bonds. The molecular formula is C9H8ClN5OS. The maximum absolute atomic E-state index is 5.76. The van der Waals surface area contributed by atoms with Crippen molar-refractivity contribution in [3.63, 3.8) is 0 Å². The lowest BCUT2D eigenvalue weighted by Gasteiger charge is -2.03. The third-order valence-electron chi connectivity index (χ3n) is 1.59. The van der Waals surface area contributed by atoms with Crippen LogP contribution in [0.25, 0.3) is 0 Å². The fourth-order valence-electron chi connectivity index (χ4n) is 0.986. The number of rotatable bonds is 4. The van der Waals surface area contributed by atoms with Crippen LogP contribution in [0.1, 0.15) is 6.92 Å². The predicted octanol–water partition coefficient (Wildman–Crippen LogP) is 1.86. The van der Waals surface area contributed by atoms with E-state index in [1.807, 2.05) is 6.92 Å². The molecule has 0 atom stereocenters. The second kappa shape index (κ2) is 5.74. The minimum Gasteiger partial charge on any atom is -0.464 e. The smallest absolute Gasteiger partial charge is 0.321 e. The molecule has 0 aromatic carbocycles. The van der Waals surface area contributed by atoms with Gasteiger partial charge in [-0.15, -0.1) is 0 Å². The molecule has 0 saturated heterocycles. The average molecular weight is 270 g/mol. The van der Waals surface area contributed by atoms with Gasteiger partial charge in [0.2, 0.25) is 10.4 Å². The Morgan fingerprint density at radius 1 is 1.35 bits per heavy atom. The zero-order chi connectivity index (χ0) is 12.1. The van der Waals surface area contributed by atoms with E-state index in [1.54, 1.807) is 12.3 Å².